The standard InChI is InChI=1S/C25H34N4O.HI/c1-4-26-24(28-19-25(2,3)22-9-6-5-7-10-22)27-17-20-12-14-21(15-13-20)18-29-16-8-11-23(29)30;/h5-7,9-10,12-15H,4,8,11,16-19H2,1-3H3,(H2,26,27,28);1H. The van der Waals surface area contributed by atoms with Crippen LogP contribution in [-0.2, 0) is 23.3 Å². The fourth-order valence-electron chi connectivity index (χ4n) is 3.65. The second-order valence-corrected chi connectivity index (χ2v) is 8.53. The SMILES string of the molecule is CCNC(=NCc1ccc(CN2CCCC2=O)cc1)NCC(C)(C)c1ccccc1.I. The summed E-state index contributed by atoms with van der Waals surface area (Å²) >= 11 is 0. The number of hydrogen-bond donors (Lipinski definition) is 2. The predicted molar refractivity (Wildman–Crippen MR) is 139 cm³/mol. The number of guanidine groups is 1. The van der Waals surface area contributed by atoms with Crippen molar-refractivity contribution in [1.82, 2.24) is 15.5 Å². The third-order valence-corrected chi connectivity index (χ3v) is 5.58. The van der Waals surface area contributed by atoms with Crippen molar-refractivity contribution in [2.75, 3.05) is 19.6 Å². The van der Waals surface area contributed by atoms with E-state index < -0.39 is 0 Å². The Kier molecular flexibility index (Phi) is 9.81. The number of carbonyl (C=O) groups excluding carboxylic acids is 1. The molecular formula is C25H35IN4O. The molecule has 0 atom stereocenters. The fourth-order valence-corrected chi connectivity index (χ4v) is 3.65. The highest BCUT2D eigenvalue weighted by Crippen LogP contribution is 2.21. The van der Waals surface area contributed by atoms with Gasteiger partial charge < -0.3 is 15.5 Å². The van der Waals surface area contributed by atoms with Crippen molar-refractivity contribution in [2.24, 2.45) is 4.99 Å². The molecule has 168 valence electrons. The van der Waals surface area contributed by atoms with E-state index in [1.54, 1.807) is 0 Å². The molecule has 0 spiro atoms. The van der Waals surface area contributed by atoms with Gasteiger partial charge in [0.25, 0.3) is 0 Å². The van der Waals surface area contributed by atoms with E-state index in [9.17, 15) is 4.79 Å². The molecule has 1 heterocycles. The highest BCUT2D eigenvalue weighted by atomic mass is 127. The Morgan fingerprint density at radius 3 is 2.32 bits per heavy atom. The summed E-state index contributed by atoms with van der Waals surface area (Å²) < 4.78 is 0. The van der Waals surface area contributed by atoms with Crippen LogP contribution in [0, 0.1) is 0 Å². The van der Waals surface area contributed by atoms with Crippen LogP contribution in [0.5, 0.6) is 0 Å². The largest absolute Gasteiger partial charge is 0.357 e. The van der Waals surface area contributed by atoms with Crippen molar-refractivity contribution in [3.05, 3.63) is 71.3 Å². The van der Waals surface area contributed by atoms with Crippen LogP contribution < -0.4 is 10.6 Å². The third-order valence-electron chi connectivity index (χ3n) is 5.58. The molecule has 0 radical (unpaired) electrons. The zero-order valence-electron chi connectivity index (χ0n) is 18.9. The Hall–Kier alpha value is -2.09. The number of hydrogen-bond acceptors (Lipinski definition) is 2. The lowest BCUT2D eigenvalue weighted by Crippen LogP contribution is -2.43. The molecule has 2 N–H and O–H groups in total. The molecule has 0 saturated carbocycles. The van der Waals surface area contributed by atoms with Gasteiger partial charge in [-0.1, -0.05) is 68.4 Å². The van der Waals surface area contributed by atoms with E-state index in [4.69, 9.17) is 4.99 Å². The normalized spacial score (nSPS) is 14.4. The minimum absolute atomic E-state index is 0. The van der Waals surface area contributed by atoms with E-state index in [1.165, 1.54) is 11.1 Å². The highest BCUT2D eigenvalue weighted by Gasteiger charge is 2.21. The van der Waals surface area contributed by atoms with Gasteiger partial charge in [0.1, 0.15) is 0 Å². The molecule has 1 aliphatic rings. The molecule has 0 bridgehead atoms. The van der Waals surface area contributed by atoms with Crippen LogP contribution in [0.2, 0.25) is 0 Å². The number of halogens is 1. The summed E-state index contributed by atoms with van der Waals surface area (Å²) in [6.45, 7) is 10.4. The molecule has 0 unspecified atom stereocenters. The van der Waals surface area contributed by atoms with Gasteiger partial charge in [0.05, 0.1) is 6.54 Å². The van der Waals surface area contributed by atoms with Crippen LogP contribution >= 0.6 is 24.0 Å². The van der Waals surface area contributed by atoms with Gasteiger partial charge in [0.2, 0.25) is 5.91 Å². The van der Waals surface area contributed by atoms with Gasteiger partial charge in [-0.25, -0.2) is 4.99 Å². The van der Waals surface area contributed by atoms with Crippen LogP contribution in [0.3, 0.4) is 0 Å². The van der Waals surface area contributed by atoms with Crippen molar-refractivity contribution < 1.29 is 4.79 Å². The molecule has 1 saturated heterocycles. The molecule has 1 fully saturated rings. The van der Waals surface area contributed by atoms with Crippen molar-refractivity contribution >= 4 is 35.8 Å². The van der Waals surface area contributed by atoms with Crippen LogP contribution in [0.1, 0.15) is 50.3 Å². The quantitative estimate of drug-likeness (QED) is 0.299. The predicted octanol–water partition coefficient (Wildman–Crippen LogP) is 4.46. The number of aliphatic imine (C=N–C) groups is 1. The Bertz CT molecular complexity index is 850. The minimum atomic E-state index is 0. The lowest BCUT2D eigenvalue weighted by Gasteiger charge is -2.26. The number of likely N-dealkylation sites (tertiary alicyclic amines) is 1. The Labute approximate surface area is 203 Å². The summed E-state index contributed by atoms with van der Waals surface area (Å²) in [7, 11) is 0. The van der Waals surface area contributed by atoms with E-state index in [0.29, 0.717) is 19.5 Å². The number of nitrogens with zero attached hydrogens (tertiary/aromatic N) is 2. The first-order valence-corrected chi connectivity index (χ1v) is 10.9. The molecule has 31 heavy (non-hydrogen) atoms. The maximum Gasteiger partial charge on any atom is 0.222 e. The molecule has 2 aromatic rings. The lowest BCUT2D eigenvalue weighted by molar-refractivity contribution is -0.128. The second-order valence-electron chi connectivity index (χ2n) is 8.53. The zero-order valence-corrected chi connectivity index (χ0v) is 21.2. The smallest absolute Gasteiger partial charge is 0.222 e. The van der Waals surface area contributed by atoms with E-state index in [-0.39, 0.29) is 35.3 Å². The van der Waals surface area contributed by atoms with Gasteiger partial charge in [-0.15, -0.1) is 24.0 Å². The molecule has 0 aliphatic carbocycles. The Morgan fingerprint density at radius 2 is 1.71 bits per heavy atom. The third kappa shape index (κ3) is 7.52. The molecule has 2 aromatic carbocycles. The van der Waals surface area contributed by atoms with E-state index in [2.05, 4.69) is 79.9 Å². The van der Waals surface area contributed by atoms with Gasteiger partial charge in [-0.3, -0.25) is 4.79 Å². The number of rotatable bonds is 8. The van der Waals surface area contributed by atoms with Gasteiger partial charge in [-0.05, 0) is 30.0 Å². The molecule has 5 nitrogen and oxygen atoms in total. The van der Waals surface area contributed by atoms with E-state index >= 15 is 0 Å². The number of amides is 1. The zero-order chi connectivity index (χ0) is 21.4. The monoisotopic (exact) mass is 534 g/mol. The van der Waals surface area contributed by atoms with Gasteiger partial charge in [0, 0.05) is 38.0 Å². The minimum Gasteiger partial charge on any atom is -0.357 e. The fraction of sp³-hybridized carbons (Fsp3) is 0.440. The van der Waals surface area contributed by atoms with Crippen molar-refractivity contribution in [3.8, 4) is 0 Å². The molecule has 6 heteroatoms. The van der Waals surface area contributed by atoms with Gasteiger partial charge >= 0.3 is 0 Å². The lowest BCUT2D eigenvalue weighted by atomic mass is 9.85. The Balaban J connectivity index is 0.00000341. The molecule has 3 rings (SSSR count). The first-order chi connectivity index (χ1) is 14.5. The maximum atomic E-state index is 11.8. The summed E-state index contributed by atoms with van der Waals surface area (Å²) in [4.78, 5) is 18.5. The first kappa shape index (κ1) is 25.2. The summed E-state index contributed by atoms with van der Waals surface area (Å²) in [6, 6.07) is 19.0. The maximum absolute atomic E-state index is 11.8. The van der Waals surface area contributed by atoms with Crippen LogP contribution in [0.4, 0.5) is 0 Å². The van der Waals surface area contributed by atoms with Crippen LogP contribution in [0.25, 0.3) is 0 Å². The molecule has 0 aromatic heterocycles. The second kappa shape index (κ2) is 12.1. The summed E-state index contributed by atoms with van der Waals surface area (Å²) in [5.74, 6) is 1.09. The number of benzene rings is 2. The average Bonchev–Trinajstić information content (AvgIpc) is 3.16. The molecular weight excluding hydrogens is 499 g/mol. The molecule has 1 aliphatic heterocycles. The highest BCUT2D eigenvalue weighted by molar-refractivity contribution is 14.0. The Morgan fingerprint density at radius 1 is 1.03 bits per heavy atom. The van der Waals surface area contributed by atoms with E-state index in [1.807, 2.05) is 11.0 Å². The van der Waals surface area contributed by atoms with Gasteiger partial charge in [0.15, 0.2) is 5.96 Å². The first-order valence-electron chi connectivity index (χ1n) is 10.9. The van der Waals surface area contributed by atoms with Crippen LogP contribution in [0.15, 0.2) is 59.6 Å². The number of carbonyl (C=O) groups is 1. The summed E-state index contributed by atoms with van der Waals surface area (Å²) in [6.07, 6.45) is 1.67. The van der Waals surface area contributed by atoms with Crippen molar-refractivity contribution in [2.45, 2.75) is 52.1 Å². The van der Waals surface area contributed by atoms with Gasteiger partial charge in [-0.2, -0.15) is 0 Å². The van der Waals surface area contributed by atoms with Crippen LogP contribution in [-0.4, -0.2) is 36.4 Å². The number of nitrogens with one attached hydrogen (secondary N) is 2. The molecule has 1 amide bonds. The van der Waals surface area contributed by atoms with E-state index in [0.717, 1.165) is 37.6 Å². The van der Waals surface area contributed by atoms with Crippen molar-refractivity contribution in [3.63, 3.8) is 0 Å². The average molecular weight is 534 g/mol. The summed E-state index contributed by atoms with van der Waals surface area (Å²) in [5.41, 5.74) is 3.64. The summed E-state index contributed by atoms with van der Waals surface area (Å²) in [5, 5.41) is 6.83. The van der Waals surface area contributed by atoms with Crippen molar-refractivity contribution in [1.29, 1.82) is 0 Å². The topological polar surface area (TPSA) is 56.7 Å².